The molecule has 3 heterocycles. The van der Waals surface area contributed by atoms with Crippen LogP contribution >= 0.6 is 0 Å². The van der Waals surface area contributed by atoms with E-state index in [1.807, 2.05) is 9.80 Å². The van der Waals surface area contributed by atoms with E-state index in [1.54, 1.807) is 0 Å². The van der Waals surface area contributed by atoms with Crippen LogP contribution in [0.4, 0.5) is 26.7 Å². The number of aromatic nitrogens is 3. The summed E-state index contributed by atoms with van der Waals surface area (Å²) in [5.74, 6) is 0.711. The summed E-state index contributed by atoms with van der Waals surface area (Å²) in [6, 6.07) is 2.83. The van der Waals surface area contributed by atoms with Crippen molar-refractivity contribution in [3.05, 3.63) is 46.8 Å². The fourth-order valence-electron chi connectivity index (χ4n) is 7.19. The second-order valence-electron chi connectivity index (χ2n) is 12.4. The molecule has 3 saturated carbocycles. The highest BCUT2D eigenvalue weighted by atomic mass is 19.4. The van der Waals surface area contributed by atoms with Gasteiger partial charge in [0.25, 0.3) is 0 Å². The maximum atomic E-state index is 14.2. The normalized spacial score (nSPS) is 25.4. The number of rotatable bonds is 4. The highest BCUT2D eigenvalue weighted by molar-refractivity contribution is 5.77. The molecule has 2 aromatic rings. The average Bonchev–Trinajstić information content (AvgIpc) is 3.27. The number of urea groups is 1. The maximum absolute atomic E-state index is 14.2. The van der Waals surface area contributed by atoms with Crippen LogP contribution in [0.1, 0.15) is 67.2 Å². The zero-order valence-corrected chi connectivity index (χ0v) is 20.3. The van der Waals surface area contributed by atoms with Gasteiger partial charge in [0.05, 0.1) is 5.56 Å². The largest absolute Gasteiger partial charge is 0.416 e. The third kappa shape index (κ3) is 3.82. The van der Waals surface area contributed by atoms with E-state index in [0.717, 1.165) is 50.7 Å². The molecule has 2 saturated heterocycles. The van der Waals surface area contributed by atoms with Crippen LogP contribution in [0.3, 0.4) is 0 Å². The summed E-state index contributed by atoms with van der Waals surface area (Å²) in [6.45, 7) is 2.84. The number of halogens is 5. The number of amides is 2. The standard InChI is InChI=1S/C26H28F5N5O/c27-19-6-18(26(29,30)31)2-1-16(19)5-15-7-23(8-15)11-35(12-23)22(37)36-13-24(14-36)9-17(10-24)20-32-21(34-33-20)25(28)3-4-25/h1-2,6,15,17H,3-5,7-14H2,(H,32,33,34). The van der Waals surface area contributed by atoms with Gasteiger partial charge < -0.3 is 9.80 Å². The molecule has 2 aliphatic heterocycles. The number of H-pyrrole nitrogens is 1. The zero-order valence-electron chi connectivity index (χ0n) is 20.3. The molecule has 1 N–H and O–H groups in total. The van der Waals surface area contributed by atoms with E-state index >= 15 is 0 Å². The molecule has 3 aliphatic carbocycles. The molecule has 5 fully saturated rings. The Hall–Kier alpha value is -2.72. The number of nitrogens with zero attached hydrogens (tertiary/aromatic N) is 4. The van der Waals surface area contributed by atoms with Crippen molar-refractivity contribution in [1.82, 2.24) is 25.0 Å². The first-order valence-corrected chi connectivity index (χ1v) is 13.0. The molecular formula is C26H28F5N5O. The van der Waals surface area contributed by atoms with Crippen molar-refractivity contribution in [2.45, 2.75) is 62.7 Å². The third-order valence-electron chi connectivity index (χ3n) is 9.32. The number of hydrogen-bond acceptors (Lipinski definition) is 3. The summed E-state index contributed by atoms with van der Waals surface area (Å²) in [7, 11) is 0. The Bertz CT molecular complexity index is 1240. The van der Waals surface area contributed by atoms with Crippen LogP contribution in [0.25, 0.3) is 0 Å². The number of carbonyl (C=O) groups is 1. The Balaban J connectivity index is 0.851. The number of aromatic amines is 1. The summed E-state index contributed by atoms with van der Waals surface area (Å²) in [5, 5.41) is 6.97. The van der Waals surface area contributed by atoms with Gasteiger partial charge in [0.1, 0.15) is 11.6 Å². The molecule has 0 bridgehead atoms. The lowest BCUT2D eigenvalue weighted by molar-refractivity contribution is -0.137. The van der Waals surface area contributed by atoms with E-state index in [9.17, 15) is 26.7 Å². The quantitative estimate of drug-likeness (QED) is 0.565. The lowest BCUT2D eigenvalue weighted by atomic mass is 9.56. The number of benzene rings is 1. The van der Waals surface area contributed by atoms with E-state index in [-0.39, 0.29) is 34.5 Å². The molecule has 2 spiro atoms. The Labute approximate surface area is 210 Å². The number of likely N-dealkylation sites (tertiary alicyclic amines) is 2. The number of alkyl halides is 4. The van der Waals surface area contributed by atoms with Crippen molar-refractivity contribution in [2.75, 3.05) is 26.2 Å². The maximum Gasteiger partial charge on any atom is 0.416 e. The number of hydrogen-bond donors (Lipinski definition) is 1. The van der Waals surface area contributed by atoms with E-state index in [4.69, 9.17) is 0 Å². The van der Waals surface area contributed by atoms with Crippen molar-refractivity contribution < 1.29 is 26.7 Å². The molecule has 198 valence electrons. The molecule has 6 nitrogen and oxygen atoms in total. The van der Waals surface area contributed by atoms with Crippen LogP contribution in [0.5, 0.6) is 0 Å². The minimum atomic E-state index is -4.55. The molecule has 0 radical (unpaired) electrons. The highest BCUT2D eigenvalue weighted by Gasteiger charge is 2.59. The second-order valence-corrected chi connectivity index (χ2v) is 12.4. The van der Waals surface area contributed by atoms with Crippen molar-refractivity contribution in [3.8, 4) is 0 Å². The molecular weight excluding hydrogens is 493 g/mol. The molecule has 5 aliphatic rings. The fourth-order valence-corrected chi connectivity index (χ4v) is 7.19. The molecule has 7 rings (SSSR count). The molecule has 37 heavy (non-hydrogen) atoms. The lowest BCUT2D eigenvalue weighted by Gasteiger charge is -2.63. The van der Waals surface area contributed by atoms with Gasteiger partial charge in [-0.05, 0) is 68.6 Å². The Morgan fingerprint density at radius 2 is 1.65 bits per heavy atom. The van der Waals surface area contributed by atoms with E-state index in [0.29, 0.717) is 44.0 Å². The van der Waals surface area contributed by atoms with Crippen molar-refractivity contribution >= 4 is 6.03 Å². The van der Waals surface area contributed by atoms with E-state index < -0.39 is 23.2 Å². The molecule has 1 aromatic heterocycles. The monoisotopic (exact) mass is 521 g/mol. The van der Waals surface area contributed by atoms with Crippen LogP contribution in [0.15, 0.2) is 18.2 Å². The molecule has 1 aromatic carbocycles. The number of nitrogens with one attached hydrogen (secondary N) is 1. The minimum absolute atomic E-state index is 0.0620. The third-order valence-corrected chi connectivity index (χ3v) is 9.32. The smallest absolute Gasteiger partial charge is 0.323 e. The van der Waals surface area contributed by atoms with Gasteiger partial charge in [-0.15, -0.1) is 0 Å². The van der Waals surface area contributed by atoms with Gasteiger partial charge in [0, 0.05) is 42.9 Å². The Morgan fingerprint density at radius 1 is 1.03 bits per heavy atom. The summed E-state index contributed by atoms with van der Waals surface area (Å²) in [5.41, 5.74) is -1.76. The van der Waals surface area contributed by atoms with Crippen LogP contribution in [0.2, 0.25) is 0 Å². The first kappa shape index (κ1) is 23.4. The minimum Gasteiger partial charge on any atom is -0.323 e. The zero-order chi connectivity index (χ0) is 25.8. The molecule has 0 atom stereocenters. The summed E-state index contributed by atoms with van der Waals surface area (Å²) in [4.78, 5) is 21.1. The molecule has 11 heteroatoms. The topological polar surface area (TPSA) is 65.1 Å². The summed E-state index contributed by atoms with van der Waals surface area (Å²) >= 11 is 0. The SMILES string of the molecule is O=C(N1CC2(CC(Cc3ccc(C(F)(F)F)cc3F)C2)C1)N1CC2(CC(c3nc(C4(F)CC4)n[nH]3)C2)C1. The van der Waals surface area contributed by atoms with E-state index in [2.05, 4.69) is 15.2 Å². The first-order valence-electron chi connectivity index (χ1n) is 13.0. The van der Waals surface area contributed by atoms with E-state index in [1.165, 1.54) is 6.07 Å². The van der Waals surface area contributed by atoms with Gasteiger partial charge in [-0.3, -0.25) is 5.10 Å². The second kappa shape index (κ2) is 7.44. The van der Waals surface area contributed by atoms with Crippen molar-refractivity contribution in [3.63, 3.8) is 0 Å². The Morgan fingerprint density at radius 3 is 2.22 bits per heavy atom. The molecule has 0 unspecified atom stereocenters. The predicted octanol–water partition coefficient (Wildman–Crippen LogP) is 5.18. The van der Waals surface area contributed by atoms with Gasteiger partial charge in [-0.25, -0.2) is 18.6 Å². The van der Waals surface area contributed by atoms with Crippen LogP contribution in [-0.2, 0) is 18.3 Å². The highest BCUT2D eigenvalue weighted by Crippen LogP contribution is 2.57. The summed E-state index contributed by atoms with van der Waals surface area (Å²) in [6.07, 6.45) is 0.444. The van der Waals surface area contributed by atoms with Crippen molar-refractivity contribution in [1.29, 1.82) is 0 Å². The van der Waals surface area contributed by atoms with Crippen LogP contribution in [0, 0.1) is 22.6 Å². The van der Waals surface area contributed by atoms with Gasteiger partial charge in [-0.1, -0.05) is 6.07 Å². The summed E-state index contributed by atoms with van der Waals surface area (Å²) < 4.78 is 66.6. The average molecular weight is 522 g/mol. The van der Waals surface area contributed by atoms with Gasteiger partial charge in [0.15, 0.2) is 11.5 Å². The fraction of sp³-hybridized carbons (Fsp3) is 0.654. The molecule has 2 amide bonds. The number of carbonyl (C=O) groups excluding carboxylic acids is 1. The first-order chi connectivity index (χ1) is 17.4. The van der Waals surface area contributed by atoms with Crippen LogP contribution in [-0.4, -0.2) is 57.2 Å². The van der Waals surface area contributed by atoms with Gasteiger partial charge in [0.2, 0.25) is 0 Å². The van der Waals surface area contributed by atoms with Crippen molar-refractivity contribution in [2.24, 2.45) is 16.7 Å². The van der Waals surface area contributed by atoms with Gasteiger partial charge in [-0.2, -0.15) is 18.3 Å². The van der Waals surface area contributed by atoms with Gasteiger partial charge >= 0.3 is 12.2 Å². The predicted molar refractivity (Wildman–Crippen MR) is 122 cm³/mol. The lowest BCUT2D eigenvalue weighted by Crippen LogP contribution is -2.71. The van der Waals surface area contributed by atoms with Crippen LogP contribution < -0.4 is 0 Å². The Kier molecular flexibility index (Phi) is 4.70.